The highest BCUT2D eigenvalue weighted by Crippen LogP contribution is 2.20. The summed E-state index contributed by atoms with van der Waals surface area (Å²) in [7, 11) is 1.99. The summed E-state index contributed by atoms with van der Waals surface area (Å²) in [6.45, 7) is 5.90. The maximum absolute atomic E-state index is 5.63. The number of hydrogen-bond donors (Lipinski definition) is 1. The van der Waals surface area contributed by atoms with Gasteiger partial charge in [0.1, 0.15) is 11.6 Å². The number of aromatic nitrogens is 2. The molecule has 1 aromatic carbocycles. The summed E-state index contributed by atoms with van der Waals surface area (Å²) in [5.41, 5.74) is 1.26. The highest BCUT2D eigenvalue weighted by Gasteiger charge is 2.12. The fourth-order valence-electron chi connectivity index (χ4n) is 2.40. The molecule has 1 aromatic heterocycles. The zero-order chi connectivity index (χ0) is 15.1. The molecule has 1 atom stereocenters. The van der Waals surface area contributed by atoms with E-state index < -0.39 is 0 Å². The second-order valence-corrected chi connectivity index (χ2v) is 5.11. The fraction of sp³-hybridized carbons (Fsp3) is 0.471. The van der Waals surface area contributed by atoms with Crippen molar-refractivity contribution < 1.29 is 4.74 Å². The van der Waals surface area contributed by atoms with Gasteiger partial charge < -0.3 is 14.6 Å². The second-order valence-electron chi connectivity index (χ2n) is 5.11. The molecular formula is C17H25N3O. The molecule has 0 amide bonds. The third-order valence-electron chi connectivity index (χ3n) is 3.60. The molecule has 21 heavy (non-hydrogen) atoms. The van der Waals surface area contributed by atoms with Gasteiger partial charge in [0.15, 0.2) is 0 Å². The minimum atomic E-state index is 0.268. The minimum absolute atomic E-state index is 0.268. The van der Waals surface area contributed by atoms with E-state index in [1.54, 1.807) is 0 Å². The lowest BCUT2D eigenvalue weighted by Crippen LogP contribution is -2.22. The van der Waals surface area contributed by atoms with Crippen molar-refractivity contribution in [1.82, 2.24) is 14.9 Å². The Labute approximate surface area is 127 Å². The summed E-state index contributed by atoms with van der Waals surface area (Å²) in [6.07, 6.45) is 5.89. The van der Waals surface area contributed by atoms with E-state index in [1.807, 2.05) is 31.6 Å². The maximum atomic E-state index is 5.63. The van der Waals surface area contributed by atoms with Gasteiger partial charge in [-0.1, -0.05) is 26.0 Å². The lowest BCUT2D eigenvalue weighted by atomic mass is 10.1. The number of nitrogens with zero attached hydrogens (tertiary/aromatic N) is 2. The molecule has 114 valence electrons. The Morgan fingerprint density at radius 2 is 2.00 bits per heavy atom. The molecule has 4 heteroatoms. The van der Waals surface area contributed by atoms with Gasteiger partial charge in [-0.2, -0.15) is 0 Å². The van der Waals surface area contributed by atoms with E-state index in [4.69, 9.17) is 4.74 Å². The number of imidazole rings is 1. The molecule has 2 rings (SSSR count). The first kappa shape index (κ1) is 15.6. The van der Waals surface area contributed by atoms with Gasteiger partial charge in [0.2, 0.25) is 0 Å². The summed E-state index contributed by atoms with van der Waals surface area (Å²) in [5, 5.41) is 3.38. The van der Waals surface area contributed by atoms with Crippen LogP contribution in [0.3, 0.4) is 0 Å². The summed E-state index contributed by atoms with van der Waals surface area (Å²) in [4.78, 5) is 4.38. The summed E-state index contributed by atoms with van der Waals surface area (Å²) >= 11 is 0. The number of aryl methyl sites for hydroxylation is 1. The lowest BCUT2D eigenvalue weighted by Gasteiger charge is -2.19. The lowest BCUT2D eigenvalue weighted by molar-refractivity contribution is 0.317. The average Bonchev–Trinajstić information content (AvgIpc) is 2.98. The average molecular weight is 287 g/mol. The zero-order valence-electron chi connectivity index (χ0n) is 13.2. The van der Waals surface area contributed by atoms with Crippen LogP contribution in [0, 0.1) is 0 Å². The van der Waals surface area contributed by atoms with Gasteiger partial charge in [0.05, 0.1) is 6.61 Å². The summed E-state index contributed by atoms with van der Waals surface area (Å²) in [6, 6.07) is 8.63. The zero-order valence-corrected chi connectivity index (χ0v) is 13.2. The number of nitrogens with one attached hydrogen (secondary N) is 1. The van der Waals surface area contributed by atoms with Gasteiger partial charge in [0.25, 0.3) is 0 Å². The minimum Gasteiger partial charge on any atom is -0.494 e. The quantitative estimate of drug-likeness (QED) is 0.810. The van der Waals surface area contributed by atoms with Gasteiger partial charge in [-0.3, -0.25) is 0 Å². The third-order valence-corrected chi connectivity index (χ3v) is 3.60. The van der Waals surface area contributed by atoms with Crippen LogP contribution in [0.25, 0.3) is 0 Å². The van der Waals surface area contributed by atoms with Crippen LogP contribution in [-0.2, 0) is 13.0 Å². The van der Waals surface area contributed by atoms with Gasteiger partial charge in [-0.05, 0) is 31.2 Å². The Morgan fingerprint density at radius 3 is 2.62 bits per heavy atom. The van der Waals surface area contributed by atoms with E-state index >= 15 is 0 Å². The molecule has 0 bridgehead atoms. The van der Waals surface area contributed by atoms with E-state index in [1.165, 1.54) is 5.56 Å². The van der Waals surface area contributed by atoms with E-state index in [-0.39, 0.29) is 6.04 Å². The van der Waals surface area contributed by atoms with Gasteiger partial charge in [0, 0.05) is 31.4 Å². The molecular weight excluding hydrogens is 262 g/mol. The van der Waals surface area contributed by atoms with Crippen molar-refractivity contribution in [2.24, 2.45) is 0 Å². The molecule has 0 aliphatic heterocycles. The third kappa shape index (κ3) is 4.08. The van der Waals surface area contributed by atoms with Crippen LogP contribution in [0.4, 0.5) is 0 Å². The SMILES string of the molecule is CCCOc1ccc(C(Cn2ccnc2CC)NC)cc1. The van der Waals surface area contributed by atoms with Crippen molar-refractivity contribution in [3.63, 3.8) is 0 Å². The highest BCUT2D eigenvalue weighted by atomic mass is 16.5. The molecule has 0 aliphatic carbocycles. The van der Waals surface area contributed by atoms with Crippen molar-refractivity contribution in [2.45, 2.75) is 39.3 Å². The topological polar surface area (TPSA) is 39.1 Å². The molecule has 0 spiro atoms. The molecule has 0 saturated carbocycles. The molecule has 0 radical (unpaired) electrons. The maximum Gasteiger partial charge on any atom is 0.119 e. The van der Waals surface area contributed by atoms with E-state index in [0.29, 0.717) is 0 Å². The number of hydrogen-bond acceptors (Lipinski definition) is 3. The molecule has 0 saturated heterocycles. The predicted octanol–water partition coefficient (Wildman–Crippen LogP) is 3.20. The first-order valence-electron chi connectivity index (χ1n) is 7.68. The number of likely N-dealkylation sites (N-methyl/N-ethyl adjacent to an activating group) is 1. The van der Waals surface area contributed by atoms with Gasteiger partial charge >= 0.3 is 0 Å². The number of benzene rings is 1. The summed E-state index contributed by atoms with van der Waals surface area (Å²) < 4.78 is 7.84. The van der Waals surface area contributed by atoms with Crippen molar-refractivity contribution in [3.05, 3.63) is 48.0 Å². The van der Waals surface area contributed by atoms with Crippen molar-refractivity contribution in [3.8, 4) is 5.75 Å². The Balaban J connectivity index is 2.06. The molecule has 4 nitrogen and oxygen atoms in total. The standard InChI is InChI=1S/C17H25N3O/c1-4-12-21-15-8-6-14(7-9-15)16(18-3)13-20-11-10-19-17(20)5-2/h6-11,16,18H,4-5,12-13H2,1-3H3. The first-order valence-corrected chi connectivity index (χ1v) is 7.68. The van der Waals surface area contributed by atoms with Crippen LogP contribution in [0.1, 0.15) is 37.7 Å². The van der Waals surface area contributed by atoms with Crippen LogP contribution >= 0.6 is 0 Å². The molecule has 1 heterocycles. The molecule has 1 N–H and O–H groups in total. The normalized spacial score (nSPS) is 12.3. The summed E-state index contributed by atoms with van der Waals surface area (Å²) in [5.74, 6) is 2.06. The smallest absolute Gasteiger partial charge is 0.119 e. The van der Waals surface area contributed by atoms with Gasteiger partial charge in [-0.15, -0.1) is 0 Å². The number of ether oxygens (including phenoxy) is 1. The highest BCUT2D eigenvalue weighted by molar-refractivity contribution is 5.29. The molecule has 1 unspecified atom stereocenters. The first-order chi connectivity index (χ1) is 10.3. The van der Waals surface area contributed by atoms with Crippen molar-refractivity contribution in [1.29, 1.82) is 0 Å². The Morgan fingerprint density at radius 1 is 1.24 bits per heavy atom. The molecule has 2 aromatic rings. The molecule has 0 fully saturated rings. The Bertz CT molecular complexity index is 533. The Kier molecular flexibility index (Phi) is 5.81. The fourth-order valence-corrected chi connectivity index (χ4v) is 2.40. The number of rotatable bonds is 8. The predicted molar refractivity (Wildman–Crippen MR) is 85.6 cm³/mol. The largest absolute Gasteiger partial charge is 0.494 e. The van der Waals surface area contributed by atoms with Crippen LogP contribution in [0.5, 0.6) is 5.75 Å². The van der Waals surface area contributed by atoms with Crippen LogP contribution < -0.4 is 10.1 Å². The van der Waals surface area contributed by atoms with Crippen LogP contribution in [0.2, 0.25) is 0 Å². The van der Waals surface area contributed by atoms with Crippen molar-refractivity contribution >= 4 is 0 Å². The van der Waals surface area contributed by atoms with Crippen LogP contribution in [0.15, 0.2) is 36.7 Å². The molecule has 0 aliphatic rings. The van der Waals surface area contributed by atoms with Crippen LogP contribution in [-0.4, -0.2) is 23.2 Å². The monoisotopic (exact) mass is 287 g/mol. The Hall–Kier alpha value is -1.81. The second kappa shape index (κ2) is 7.84. The van der Waals surface area contributed by atoms with Crippen molar-refractivity contribution in [2.75, 3.05) is 13.7 Å². The van der Waals surface area contributed by atoms with Gasteiger partial charge in [-0.25, -0.2) is 4.98 Å². The van der Waals surface area contributed by atoms with E-state index in [0.717, 1.165) is 37.6 Å². The van der Waals surface area contributed by atoms with E-state index in [2.05, 4.69) is 40.8 Å². The van der Waals surface area contributed by atoms with E-state index in [9.17, 15) is 0 Å².